The van der Waals surface area contributed by atoms with Gasteiger partial charge < -0.3 is 11.1 Å². The van der Waals surface area contributed by atoms with Gasteiger partial charge in [-0.05, 0) is 31.2 Å². The number of nitrogens with zero attached hydrogens (tertiary/aromatic N) is 3. The van der Waals surface area contributed by atoms with Crippen molar-refractivity contribution in [3.63, 3.8) is 0 Å². The first kappa shape index (κ1) is 16.3. The number of aromatic nitrogens is 3. The lowest BCUT2D eigenvalue weighted by Gasteiger charge is -2.09. The fraction of sp³-hybridized carbons (Fsp3) is 0.0625. The van der Waals surface area contributed by atoms with Gasteiger partial charge in [-0.2, -0.15) is 0 Å². The maximum Gasteiger partial charge on any atom is 0.278 e. The van der Waals surface area contributed by atoms with E-state index in [1.807, 2.05) is 30.3 Å². The standard InChI is InChI=1S/C16H13Cl2N5O/c1-9-15(21-22-23(9)10-5-3-2-4-6-10)16(24)20-14-8-12(18)11(17)7-13(14)19/h2-8H,19H2,1H3,(H,20,24). The van der Waals surface area contributed by atoms with Crippen molar-refractivity contribution < 1.29 is 4.79 Å². The van der Waals surface area contributed by atoms with Gasteiger partial charge in [-0.25, -0.2) is 4.68 Å². The number of nitrogens with two attached hydrogens (primary N) is 1. The molecule has 8 heteroatoms. The van der Waals surface area contributed by atoms with Crippen molar-refractivity contribution >= 4 is 40.5 Å². The summed E-state index contributed by atoms with van der Waals surface area (Å²) in [6, 6.07) is 12.4. The predicted octanol–water partition coefficient (Wildman–Crippen LogP) is 3.72. The Kier molecular flexibility index (Phi) is 4.42. The van der Waals surface area contributed by atoms with Gasteiger partial charge in [-0.3, -0.25) is 4.79 Å². The summed E-state index contributed by atoms with van der Waals surface area (Å²) in [7, 11) is 0. The van der Waals surface area contributed by atoms with Crippen LogP contribution in [0.4, 0.5) is 11.4 Å². The summed E-state index contributed by atoms with van der Waals surface area (Å²) < 4.78 is 1.59. The van der Waals surface area contributed by atoms with Gasteiger partial charge in [0.15, 0.2) is 5.69 Å². The molecule has 6 nitrogen and oxygen atoms in total. The van der Waals surface area contributed by atoms with E-state index in [9.17, 15) is 4.79 Å². The van der Waals surface area contributed by atoms with Crippen molar-refractivity contribution in [2.75, 3.05) is 11.1 Å². The van der Waals surface area contributed by atoms with Crippen molar-refractivity contribution in [3.05, 3.63) is 63.9 Å². The molecule has 1 aromatic heterocycles. The number of anilines is 2. The van der Waals surface area contributed by atoms with E-state index < -0.39 is 5.91 Å². The zero-order chi connectivity index (χ0) is 17.3. The third-order valence-corrected chi connectivity index (χ3v) is 4.17. The molecule has 24 heavy (non-hydrogen) atoms. The zero-order valence-corrected chi connectivity index (χ0v) is 14.1. The summed E-state index contributed by atoms with van der Waals surface area (Å²) in [5, 5.41) is 11.3. The molecule has 0 radical (unpaired) electrons. The quantitative estimate of drug-likeness (QED) is 0.696. The smallest absolute Gasteiger partial charge is 0.278 e. The van der Waals surface area contributed by atoms with E-state index in [2.05, 4.69) is 15.6 Å². The Labute approximate surface area is 148 Å². The number of nitrogen functional groups attached to an aromatic ring is 1. The fourth-order valence-electron chi connectivity index (χ4n) is 2.21. The summed E-state index contributed by atoms with van der Waals surface area (Å²) >= 11 is 11.8. The Balaban J connectivity index is 1.89. The SMILES string of the molecule is Cc1c(C(=O)Nc2cc(Cl)c(Cl)cc2N)nnn1-c1ccccc1. The van der Waals surface area contributed by atoms with Gasteiger partial charge in [0.1, 0.15) is 0 Å². The van der Waals surface area contributed by atoms with Crippen molar-refractivity contribution in [1.29, 1.82) is 0 Å². The number of carbonyl (C=O) groups excluding carboxylic acids is 1. The number of carbonyl (C=O) groups is 1. The van der Waals surface area contributed by atoms with Crippen LogP contribution in [0.5, 0.6) is 0 Å². The van der Waals surface area contributed by atoms with E-state index in [-0.39, 0.29) is 5.69 Å². The molecule has 0 aliphatic carbocycles. The van der Waals surface area contributed by atoms with Crippen molar-refractivity contribution in [2.24, 2.45) is 0 Å². The first-order valence-corrected chi connectivity index (χ1v) is 7.76. The molecule has 0 saturated carbocycles. The molecule has 3 aromatic rings. The van der Waals surface area contributed by atoms with Crippen molar-refractivity contribution in [1.82, 2.24) is 15.0 Å². The Bertz CT molecular complexity index is 908. The van der Waals surface area contributed by atoms with Crippen LogP contribution in [0.1, 0.15) is 16.2 Å². The molecule has 0 unspecified atom stereocenters. The first-order valence-electron chi connectivity index (χ1n) is 7.01. The van der Waals surface area contributed by atoms with E-state index >= 15 is 0 Å². The molecule has 0 spiro atoms. The highest BCUT2D eigenvalue weighted by Crippen LogP contribution is 2.31. The second kappa shape index (κ2) is 6.51. The summed E-state index contributed by atoms with van der Waals surface area (Å²) in [5.74, 6) is -0.431. The van der Waals surface area contributed by atoms with Gasteiger partial charge in [0.2, 0.25) is 0 Å². The van der Waals surface area contributed by atoms with Gasteiger partial charge in [-0.1, -0.05) is 46.6 Å². The van der Waals surface area contributed by atoms with E-state index in [0.717, 1.165) is 5.69 Å². The minimum atomic E-state index is -0.431. The zero-order valence-electron chi connectivity index (χ0n) is 12.6. The monoisotopic (exact) mass is 361 g/mol. The molecule has 0 aliphatic rings. The molecule has 3 N–H and O–H groups in total. The topological polar surface area (TPSA) is 85.8 Å². The number of halogens is 2. The van der Waals surface area contributed by atoms with Crippen LogP contribution in [0.3, 0.4) is 0 Å². The number of hydrogen-bond donors (Lipinski definition) is 2. The highest BCUT2D eigenvalue weighted by Gasteiger charge is 2.18. The molecule has 1 amide bonds. The molecule has 0 bridgehead atoms. The molecule has 0 atom stereocenters. The Morgan fingerprint density at radius 1 is 1.17 bits per heavy atom. The molecule has 0 fully saturated rings. The predicted molar refractivity (Wildman–Crippen MR) is 94.9 cm³/mol. The molecular weight excluding hydrogens is 349 g/mol. The highest BCUT2D eigenvalue weighted by molar-refractivity contribution is 6.42. The summed E-state index contributed by atoms with van der Waals surface area (Å²) in [5.41, 5.74) is 8.15. The minimum Gasteiger partial charge on any atom is -0.397 e. The molecule has 0 saturated heterocycles. The van der Waals surface area contributed by atoms with Crippen LogP contribution in [-0.4, -0.2) is 20.9 Å². The van der Waals surface area contributed by atoms with Gasteiger partial charge in [-0.15, -0.1) is 5.10 Å². The second-order valence-electron chi connectivity index (χ2n) is 5.08. The molecule has 122 valence electrons. The second-order valence-corrected chi connectivity index (χ2v) is 5.89. The summed E-state index contributed by atoms with van der Waals surface area (Å²) in [4.78, 5) is 12.5. The number of nitrogens with one attached hydrogen (secondary N) is 1. The lowest BCUT2D eigenvalue weighted by molar-refractivity contribution is 0.102. The number of benzene rings is 2. The van der Waals surface area contributed by atoms with Crippen LogP contribution < -0.4 is 11.1 Å². The number of para-hydroxylation sites is 1. The number of amides is 1. The third-order valence-electron chi connectivity index (χ3n) is 3.45. The third kappa shape index (κ3) is 3.06. The fourth-order valence-corrected chi connectivity index (χ4v) is 2.54. The van der Waals surface area contributed by atoms with Crippen LogP contribution in [-0.2, 0) is 0 Å². The van der Waals surface area contributed by atoms with E-state index in [0.29, 0.717) is 27.1 Å². The van der Waals surface area contributed by atoms with E-state index in [1.165, 1.54) is 12.1 Å². The average molecular weight is 362 g/mol. The number of hydrogen-bond acceptors (Lipinski definition) is 4. The lowest BCUT2D eigenvalue weighted by atomic mass is 10.2. The first-order chi connectivity index (χ1) is 11.5. The molecule has 3 rings (SSSR count). The molecule has 0 aliphatic heterocycles. The summed E-state index contributed by atoms with van der Waals surface area (Å²) in [6.45, 7) is 1.76. The van der Waals surface area contributed by atoms with Crippen molar-refractivity contribution in [3.8, 4) is 5.69 Å². The maximum absolute atomic E-state index is 12.5. The van der Waals surface area contributed by atoms with Crippen LogP contribution in [0, 0.1) is 6.92 Å². The minimum absolute atomic E-state index is 0.198. The normalized spacial score (nSPS) is 10.6. The van der Waals surface area contributed by atoms with Crippen LogP contribution >= 0.6 is 23.2 Å². The van der Waals surface area contributed by atoms with Crippen LogP contribution in [0.2, 0.25) is 10.0 Å². The molecular formula is C16H13Cl2N5O. The highest BCUT2D eigenvalue weighted by atomic mass is 35.5. The summed E-state index contributed by atoms with van der Waals surface area (Å²) in [6.07, 6.45) is 0. The molecule has 1 heterocycles. The van der Waals surface area contributed by atoms with E-state index in [4.69, 9.17) is 28.9 Å². The van der Waals surface area contributed by atoms with Crippen LogP contribution in [0.25, 0.3) is 5.69 Å². The Hall–Kier alpha value is -2.57. The van der Waals surface area contributed by atoms with E-state index in [1.54, 1.807) is 11.6 Å². The molecule has 2 aromatic carbocycles. The van der Waals surface area contributed by atoms with Crippen LogP contribution in [0.15, 0.2) is 42.5 Å². The van der Waals surface area contributed by atoms with Gasteiger partial charge >= 0.3 is 0 Å². The average Bonchev–Trinajstić information content (AvgIpc) is 2.95. The largest absolute Gasteiger partial charge is 0.397 e. The Morgan fingerprint density at radius 3 is 2.54 bits per heavy atom. The van der Waals surface area contributed by atoms with Crippen molar-refractivity contribution in [2.45, 2.75) is 6.92 Å². The van der Waals surface area contributed by atoms with Gasteiger partial charge in [0.05, 0.1) is 32.8 Å². The van der Waals surface area contributed by atoms with Gasteiger partial charge in [0, 0.05) is 0 Å². The van der Waals surface area contributed by atoms with Gasteiger partial charge in [0.25, 0.3) is 5.91 Å². The Morgan fingerprint density at radius 2 is 1.83 bits per heavy atom. The lowest BCUT2D eigenvalue weighted by Crippen LogP contribution is -2.15. The number of rotatable bonds is 3. The maximum atomic E-state index is 12.5.